The molecule has 0 N–H and O–H groups in total. The number of ether oxygens (including phenoxy) is 1. The van der Waals surface area contributed by atoms with Gasteiger partial charge in [0.2, 0.25) is 0 Å². The summed E-state index contributed by atoms with van der Waals surface area (Å²) in [6.07, 6.45) is 5.55. The van der Waals surface area contributed by atoms with E-state index in [0.717, 1.165) is 6.26 Å². The summed E-state index contributed by atoms with van der Waals surface area (Å²) in [5.74, 6) is -1.55. The van der Waals surface area contributed by atoms with Gasteiger partial charge in [0.05, 0.1) is 6.26 Å². The molecule has 0 aromatic rings. The third kappa shape index (κ3) is 2.43. The van der Waals surface area contributed by atoms with Gasteiger partial charge in [0.15, 0.2) is 5.78 Å². The van der Waals surface area contributed by atoms with Crippen LogP contribution in [0.15, 0.2) is 24.6 Å². The van der Waals surface area contributed by atoms with Gasteiger partial charge in [0.1, 0.15) is 5.92 Å². The van der Waals surface area contributed by atoms with E-state index in [4.69, 9.17) is 0 Å². The van der Waals surface area contributed by atoms with Crippen molar-refractivity contribution < 1.29 is 14.3 Å². The Balaban J connectivity index is 2.72. The molecule has 13 heavy (non-hydrogen) atoms. The maximum Gasteiger partial charge on any atom is 0.325 e. The number of allylic oxidation sites excluding steroid dienone is 1. The maximum absolute atomic E-state index is 11.2. The highest BCUT2D eigenvalue weighted by molar-refractivity contribution is 6.08. The van der Waals surface area contributed by atoms with Crippen LogP contribution in [0.1, 0.15) is 0 Å². The molecule has 0 fully saturated rings. The Bertz CT molecular complexity index is 279. The lowest BCUT2D eigenvalue weighted by atomic mass is 10.0. The third-order valence-electron chi connectivity index (χ3n) is 1.55. The Labute approximate surface area is 76.5 Å². The second kappa shape index (κ2) is 3.89. The molecule has 1 atom stereocenters. The van der Waals surface area contributed by atoms with Gasteiger partial charge in [-0.05, 0) is 12.3 Å². The average molecular weight is 181 g/mol. The largest absolute Gasteiger partial charge is 0.434 e. The first-order chi connectivity index (χ1) is 6.11. The van der Waals surface area contributed by atoms with Gasteiger partial charge in [-0.1, -0.05) is 0 Å². The van der Waals surface area contributed by atoms with E-state index in [0.29, 0.717) is 0 Å². The van der Waals surface area contributed by atoms with Crippen molar-refractivity contribution in [1.82, 2.24) is 4.90 Å². The quantitative estimate of drug-likeness (QED) is 0.454. The Hall–Kier alpha value is -1.58. The van der Waals surface area contributed by atoms with Gasteiger partial charge in [0.25, 0.3) is 0 Å². The summed E-state index contributed by atoms with van der Waals surface area (Å²) in [6, 6.07) is 0. The molecule has 0 bridgehead atoms. The molecule has 4 nitrogen and oxygen atoms in total. The van der Waals surface area contributed by atoms with Crippen LogP contribution in [0.3, 0.4) is 0 Å². The molecule has 0 radical (unpaired) electrons. The molecule has 70 valence electrons. The van der Waals surface area contributed by atoms with Crippen molar-refractivity contribution in [2.75, 3.05) is 14.1 Å². The zero-order chi connectivity index (χ0) is 9.84. The van der Waals surface area contributed by atoms with Gasteiger partial charge in [-0.25, -0.2) is 0 Å². The van der Waals surface area contributed by atoms with Crippen LogP contribution in [-0.4, -0.2) is 30.7 Å². The van der Waals surface area contributed by atoms with Crippen LogP contribution in [0, 0.1) is 5.92 Å². The summed E-state index contributed by atoms with van der Waals surface area (Å²) in [4.78, 5) is 24.0. The number of ketones is 1. The molecule has 4 heteroatoms. The lowest BCUT2D eigenvalue weighted by molar-refractivity contribution is -0.145. The van der Waals surface area contributed by atoms with Crippen molar-refractivity contribution in [3.05, 3.63) is 24.6 Å². The van der Waals surface area contributed by atoms with Crippen LogP contribution < -0.4 is 0 Å². The fourth-order valence-electron chi connectivity index (χ4n) is 0.893. The molecule has 1 aliphatic rings. The monoisotopic (exact) mass is 181 g/mol. The predicted molar refractivity (Wildman–Crippen MR) is 46.6 cm³/mol. The van der Waals surface area contributed by atoms with Gasteiger partial charge in [-0.3, -0.25) is 9.59 Å². The van der Waals surface area contributed by atoms with Crippen molar-refractivity contribution in [3.8, 4) is 0 Å². The summed E-state index contributed by atoms with van der Waals surface area (Å²) in [5, 5.41) is 0. The Kier molecular flexibility index (Phi) is 2.84. The summed E-state index contributed by atoms with van der Waals surface area (Å²) in [7, 11) is 3.62. The Morgan fingerprint density at radius 2 is 2.15 bits per heavy atom. The zero-order valence-electron chi connectivity index (χ0n) is 7.56. The number of carbonyl (C=O) groups excluding carboxylic acids is 2. The van der Waals surface area contributed by atoms with Crippen molar-refractivity contribution in [2.45, 2.75) is 0 Å². The van der Waals surface area contributed by atoms with E-state index < -0.39 is 11.9 Å². The molecule has 1 aliphatic heterocycles. The number of hydrogen-bond donors (Lipinski definition) is 0. The van der Waals surface area contributed by atoms with E-state index in [1.54, 1.807) is 11.1 Å². The number of nitrogens with zero attached hydrogens (tertiary/aromatic N) is 1. The van der Waals surface area contributed by atoms with E-state index >= 15 is 0 Å². The van der Waals surface area contributed by atoms with Crippen molar-refractivity contribution in [2.24, 2.45) is 5.92 Å². The summed E-state index contributed by atoms with van der Waals surface area (Å²) < 4.78 is 4.58. The van der Waals surface area contributed by atoms with Gasteiger partial charge >= 0.3 is 5.97 Å². The fourth-order valence-corrected chi connectivity index (χ4v) is 0.893. The molecule has 0 amide bonds. The third-order valence-corrected chi connectivity index (χ3v) is 1.55. The van der Waals surface area contributed by atoms with Crippen molar-refractivity contribution >= 4 is 11.8 Å². The van der Waals surface area contributed by atoms with Crippen molar-refractivity contribution in [3.63, 3.8) is 0 Å². The van der Waals surface area contributed by atoms with Crippen LogP contribution in [0.25, 0.3) is 0 Å². The molecule has 1 heterocycles. The normalized spacial score (nSPS) is 22.2. The summed E-state index contributed by atoms with van der Waals surface area (Å²) >= 11 is 0. The fraction of sp³-hybridized carbons (Fsp3) is 0.333. The van der Waals surface area contributed by atoms with E-state index in [9.17, 15) is 9.59 Å². The van der Waals surface area contributed by atoms with E-state index in [1.807, 2.05) is 14.1 Å². The van der Waals surface area contributed by atoms with Crippen LogP contribution in [0.2, 0.25) is 0 Å². The molecule has 0 saturated heterocycles. The minimum absolute atomic E-state index is 0.241. The number of hydrogen-bond acceptors (Lipinski definition) is 4. The first-order valence-corrected chi connectivity index (χ1v) is 3.87. The van der Waals surface area contributed by atoms with Gasteiger partial charge in [0, 0.05) is 20.2 Å². The molecule has 1 unspecified atom stereocenters. The molecular weight excluding hydrogens is 170 g/mol. The topological polar surface area (TPSA) is 46.6 Å². The highest BCUT2D eigenvalue weighted by Gasteiger charge is 2.26. The molecule has 0 aliphatic carbocycles. The smallest absolute Gasteiger partial charge is 0.325 e. The maximum atomic E-state index is 11.2. The SMILES string of the molecule is CN(C)C=CC1C(=O)C=COC1=O. The van der Waals surface area contributed by atoms with Crippen LogP contribution in [0.4, 0.5) is 0 Å². The number of esters is 1. The second-order valence-corrected chi connectivity index (χ2v) is 2.92. The van der Waals surface area contributed by atoms with E-state index in [-0.39, 0.29) is 5.78 Å². The summed E-state index contributed by atoms with van der Waals surface area (Å²) in [6.45, 7) is 0. The van der Waals surface area contributed by atoms with Crippen molar-refractivity contribution in [1.29, 1.82) is 0 Å². The lowest BCUT2D eigenvalue weighted by Gasteiger charge is -2.12. The standard InChI is InChI=1S/C9H11NO3/c1-10(2)5-3-7-8(11)4-6-13-9(7)12/h3-7H,1-2H3. The Morgan fingerprint density at radius 1 is 1.46 bits per heavy atom. The minimum Gasteiger partial charge on any atom is -0.434 e. The number of cyclic esters (lactones) is 1. The van der Waals surface area contributed by atoms with Crippen LogP contribution in [0.5, 0.6) is 0 Å². The van der Waals surface area contributed by atoms with E-state index in [2.05, 4.69) is 4.74 Å². The van der Waals surface area contributed by atoms with Crippen LogP contribution in [-0.2, 0) is 14.3 Å². The molecular formula is C9H11NO3. The average Bonchev–Trinajstić information content (AvgIpc) is 2.03. The summed E-state index contributed by atoms with van der Waals surface area (Å²) in [5.41, 5.74) is 0. The van der Waals surface area contributed by atoms with Gasteiger partial charge in [-0.15, -0.1) is 0 Å². The predicted octanol–water partition coefficient (Wildman–Crippen LogP) is 0.317. The van der Waals surface area contributed by atoms with Gasteiger partial charge < -0.3 is 9.64 Å². The van der Waals surface area contributed by atoms with Crippen LogP contribution >= 0.6 is 0 Å². The highest BCUT2D eigenvalue weighted by Crippen LogP contribution is 2.10. The first kappa shape index (κ1) is 9.51. The molecule has 1 rings (SSSR count). The highest BCUT2D eigenvalue weighted by atomic mass is 16.5. The molecule has 0 aromatic heterocycles. The lowest BCUT2D eigenvalue weighted by Crippen LogP contribution is -2.25. The second-order valence-electron chi connectivity index (χ2n) is 2.92. The van der Waals surface area contributed by atoms with Gasteiger partial charge in [-0.2, -0.15) is 0 Å². The first-order valence-electron chi connectivity index (χ1n) is 3.87. The molecule has 0 saturated carbocycles. The molecule has 0 aromatic carbocycles. The molecule has 0 spiro atoms. The number of carbonyl (C=O) groups is 2. The zero-order valence-corrected chi connectivity index (χ0v) is 7.56. The minimum atomic E-state index is -0.785. The Morgan fingerprint density at radius 3 is 2.69 bits per heavy atom. The number of rotatable bonds is 2. The van der Waals surface area contributed by atoms with E-state index in [1.165, 1.54) is 12.2 Å².